The number of aromatic hydroxyl groups is 1. The van der Waals surface area contributed by atoms with E-state index in [0.29, 0.717) is 13.2 Å². The van der Waals surface area contributed by atoms with Crippen LogP contribution < -0.4 is 18.9 Å². The lowest BCUT2D eigenvalue weighted by Gasteiger charge is -2.06. The molecule has 0 spiro atoms. The molecule has 12 heteroatoms. The molecule has 1 N–H and O–H groups in total. The summed E-state index contributed by atoms with van der Waals surface area (Å²) < 4.78 is 27.7. The molecule has 0 saturated carbocycles. The standard InChI is InChI=1S/C13H15BrN2O2.C13H16N2O2.C5H8N2O/c1-3-16-13(14)12(8-15-16)18-9-10-4-6-11(17-2)7-5-10;1-3-15-9-13(8-14-15)17-10-11-4-6-12(16-2)7-5-11;1-2-7-4-5(8)3-6-7/h4-8H,3,9H2,1-2H3;4-9H,3,10H2,1-2H3;3-4,8H,2H2,1H3. The highest BCUT2D eigenvalue weighted by Gasteiger charge is 2.08. The molecule has 0 amide bonds. The fourth-order valence-corrected chi connectivity index (χ4v) is 4.12. The van der Waals surface area contributed by atoms with Crippen molar-refractivity contribution in [2.75, 3.05) is 14.2 Å². The first kappa shape index (κ1) is 33.1. The van der Waals surface area contributed by atoms with Gasteiger partial charge in [0.2, 0.25) is 0 Å². The third kappa shape index (κ3) is 10.7. The van der Waals surface area contributed by atoms with Crippen LogP contribution in [0, 0.1) is 0 Å². The molecule has 5 aromatic rings. The Morgan fingerprint density at radius 3 is 1.60 bits per heavy atom. The maximum atomic E-state index is 8.70. The van der Waals surface area contributed by atoms with Gasteiger partial charge in [-0.25, -0.2) is 0 Å². The lowest BCUT2D eigenvalue weighted by Crippen LogP contribution is -1.98. The number of nitrogens with zero attached hydrogens (tertiary/aromatic N) is 6. The van der Waals surface area contributed by atoms with Crippen LogP contribution in [0.1, 0.15) is 31.9 Å². The Morgan fingerprint density at radius 2 is 1.19 bits per heavy atom. The van der Waals surface area contributed by atoms with Crippen LogP contribution in [0.4, 0.5) is 0 Å². The summed E-state index contributed by atoms with van der Waals surface area (Å²) >= 11 is 3.46. The van der Waals surface area contributed by atoms with Gasteiger partial charge in [0.15, 0.2) is 17.2 Å². The zero-order chi connectivity index (χ0) is 31.0. The summed E-state index contributed by atoms with van der Waals surface area (Å²) in [5.74, 6) is 3.48. The largest absolute Gasteiger partial charge is 0.505 e. The van der Waals surface area contributed by atoms with Gasteiger partial charge in [-0.15, -0.1) is 0 Å². The molecule has 3 heterocycles. The first-order chi connectivity index (χ1) is 20.9. The van der Waals surface area contributed by atoms with Crippen molar-refractivity contribution in [2.24, 2.45) is 0 Å². The number of halogens is 1. The number of aromatic nitrogens is 6. The number of hydrogen-bond donors (Lipinski definition) is 1. The van der Waals surface area contributed by atoms with Gasteiger partial charge in [0.25, 0.3) is 0 Å². The first-order valence-corrected chi connectivity index (χ1v) is 14.6. The van der Waals surface area contributed by atoms with E-state index in [2.05, 4.69) is 31.2 Å². The van der Waals surface area contributed by atoms with Crippen molar-refractivity contribution in [3.8, 4) is 28.7 Å². The van der Waals surface area contributed by atoms with Gasteiger partial charge < -0.3 is 24.1 Å². The Bertz CT molecular complexity index is 1480. The van der Waals surface area contributed by atoms with Crippen LogP contribution in [0.25, 0.3) is 0 Å². The predicted octanol–water partition coefficient (Wildman–Crippen LogP) is 6.35. The fourth-order valence-electron chi connectivity index (χ4n) is 3.56. The number of ether oxygens (including phenoxy) is 4. The number of hydrogen-bond acceptors (Lipinski definition) is 8. The maximum absolute atomic E-state index is 8.70. The zero-order valence-electron chi connectivity index (χ0n) is 25.2. The summed E-state index contributed by atoms with van der Waals surface area (Å²) in [5, 5.41) is 20.8. The van der Waals surface area contributed by atoms with E-state index in [0.717, 1.165) is 58.4 Å². The second-order valence-electron chi connectivity index (χ2n) is 8.97. The molecule has 0 unspecified atom stereocenters. The molecule has 0 aliphatic rings. The van der Waals surface area contributed by atoms with Gasteiger partial charge in [0, 0.05) is 19.6 Å². The van der Waals surface area contributed by atoms with E-state index in [1.807, 2.05) is 84.9 Å². The maximum Gasteiger partial charge on any atom is 0.172 e. The van der Waals surface area contributed by atoms with Gasteiger partial charge in [-0.1, -0.05) is 24.3 Å². The van der Waals surface area contributed by atoms with E-state index < -0.39 is 0 Å². The van der Waals surface area contributed by atoms with Crippen molar-refractivity contribution in [1.82, 2.24) is 29.3 Å². The highest BCUT2D eigenvalue weighted by atomic mass is 79.9. The molecule has 0 fully saturated rings. The molecule has 2 aromatic carbocycles. The Labute approximate surface area is 260 Å². The van der Waals surface area contributed by atoms with Crippen molar-refractivity contribution >= 4 is 15.9 Å². The second-order valence-corrected chi connectivity index (χ2v) is 9.73. The van der Waals surface area contributed by atoms with E-state index in [9.17, 15) is 0 Å². The lowest BCUT2D eigenvalue weighted by atomic mass is 10.2. The minimum Gasteiger partial charge on any atom is -0.505 e. The van der Waals surface area contributed by atoms with Gasteiger partial charge >= 0.3 is 0 Å². The molecule has 0 radical (unpaired) electrons. The second kappa shape index (κ2) is 17.5. The number of aryl methyl sites for hydroxylation is 3. The zero-order valence-corrected chi connectivity index (χ0v) is 26.8. The van der Waals surface area contributed by atoms with Crippen LogP contribution in [0.5, 0.6) is 28.7 Å². The molecule has 3 aromatic heterocycles. The molecule has 43 heavy (non-hydrogen) atoms. The van der Waals surface area contributed by atoms with Gasteiger partial charge in [-0.05, 0) is 72.1 Å². The molecular weight excluding hydrogens is 616 g/mol. The molecular formula is C31H39BrN6O5. The van der Waals surface area contributed by atoms with Crippen LogP contribution in [0.15, 0.2) is 84.1 Å². The number of methoxy groups -OCH3 is 2. The summed E-state index contributed by atoms with van der Waals surface area (Å²) in [7, 11) is 3.31. The normalized spacial score (nSPS) is 10.2. The first-order valence-electron chi connectivity index (χ1n) is 13.9. The summed E-state index contributed by atoms with van der Waals surface area (Å²) in [6.45, 7) is 9.56. The average Bonchev–Trinajstić information content (AvgIpc) is 3.79. The van der Waals surface area contributed by atoms with E-state index in [-0.39, 0.29) is 5.75 Å². The van der Waals surface area contributed by atoms with E-state index >= 15 is 0 Å². The highest BCUT2D eigenvalue weighted by molar-refractivity contribution is 9.10. The van der Waals surface area contributed by atoms with Gasteiger partial charge in [-0.3, -0.25) is 14.0 Å². The molecule has 5 rings (SSSR count). The fraction of sp³-hybridized carbons (Fsp3) is 0.323. The summed E-state index contributed by atoms with van der Waals surface area (Å²) in [5.41, 5.74) is 2.20. The predicted molar refractivity (Wildman–Crippen MR) is 168 cm³/mol. The SMILES string of the molecule is CCn1cc(O)cn1.CCn1cc(OCc2ccc(OC)cc2)cn1.CCn1ncc(OCc2ccc(OC)cc2)c1Br. The van der Waals surface area contributed by atoms with E-state index in [1.54, 1.807) is 37.5 Å². The monoisotopic (exact) mass is 654 g/mol. The summed E-state index contributed by atoms with van der Waals surface area (Å²) in [6.07, 6.45) is 8.34. The van der Waals surface area contributed by atoms with Crippen molar-refractivity contribution in [2.45, 2.75) is 53.6 Å². The molecule has 0 aliphatic carbocycles. The smallest absolute Gasteiger partial charge is 0.172 e. The number of benzene rings is 2. The van der Waals surface area contributed by atoms with Crippen LogP contribution in [-0.2, 0) is 32.8 Å². The van der Waals surface area contributed by atoms with Crippen molar-refractivity contribution < 1.29 is 24.1 Å². The van der Waals surface area contributed by atoms with Crippen LogP contribution in [-0.4, -0.2) is 48.7 Å². The molecule has 0 bridgehead atoms. The van der Waals surface area contributed by atoms with Gasteiger partial charge in [0.1, 0.15) is 29.3 Å². The molecule has 0 aliphatic heterocycles. The van der Waals surface area contributed by atoms with E-state index in [4.69, 9.17) is 24.1 Å². The molecule has 230 valence electrons. The van der Waals surface area contributed by atoms with Gasteiger partial charge in [0.05, 0.1) is 45.2 Å². The van der Waals surface area contributed by atoms with Crippen molar-refractivity contribution in [3.63, 3.8) is 0 Å². The Kier molecular flexibility index (Phi) is 13.4. The Hall–Kier alpha value is -4.45. The van der Waals surface area contributed by atoms with Crippen LogP contribution in [0.3, 0.4) is 0 Å². The topological polar surface area (TPSA) is 111 Å². The minimum absolute atomic E-state index is 0.229. The van der Waals surface area contributed by atoms with E-state index in [1.165, 1.54) is 6.20 Å². The third-order valence-electron chi connectivity index (χ3n) is 6.04. The summed E-state index contributed by atoms with van der Waals surface area (Å²) in [4.78, 5) is 0. The van der Waals surface area contributed by atoms with Crippen LogP contribution >= 0.6 is 15.9 Å². The third-order valence-corrected chi connectivity index (χ3v) is 6.84. The van der Waals surface area contributed by atoms with Crippen molar-refractivity contribution in [3.05, 3.63) is 95.2 Å². The number of rotatable bonds is 11. The minimum atomic E-state index is 0.229. The molecule has 11 nitrogen and oxygen atoms in total. The quantitative estimate of drug-likeness (QED) is 0.175. The average molecular weight is 656 g/mol. The summed E-state index contributed by atoms with van der Waals surface area (Å²) in [6, 6.07) is 15.6. The Balaban J connectivity index is 0.000000189. The molecule has 0 saturated heterocycles. The van der Waals surface area contributed by atoms with Crippen molar-refractivity contribution in [1.29, 1.82) is 0 Å². The lowest BCUT2D eigenvalue weighted by molar-refractivity contribution is 0.303. The van der Waals surface area contributed by atoms with Crippen LogP contribution in [0.2, 0.25) is 0 Å². The Morgan fingerprint density at radius 1 is 0.651 bits per heavy atom. The highest BCUT2D eigenvalue weighted by Crippen LogP contribution is 2.25. The molecule has 0 atom stereocenters. The van der Waals surface area contributed by atoms with Gasteiger partial charge in [-0.2, -0.15) is 15.3 Å².